The van der Waals surface area contributed by atoms with Gasteiger partial charge >= 0.3 is 0 Å². The molecule has 1 fully saturated rings. The lowest BCUT2D eigenvalue weighted by atomic mass is 9.33. The first-order valence-electron chi connectivity index (χ1n) is 29.0. The molecule has 392 valence electrons. The van der Waals surface area contributed by atoms with E-state index in [1.54, 1.807) is 0 Å². The summed E-state index contributed by atoms with van der Waals surface area (Å²) in [6.07, 6.45) is 4.67. The Morgan fingerprint density at radius 2 is 0.962 bits per heavy atom. The van der Waals surface area contributed by atoms with Crippen LogP contribution in [0.4, 0.5) is 45.5 Å². The Kier molecular flexibility index (Phi) is 11.1. The number of hydrogen-bond acceptors (Lipinski definition) is 4. The second-order valence-corrected chi connectivity index (χ2v) is 28.0. The van der Waals surface area contributed by atoms with Gasteiger partial charge in [-0.15, -0.1) is 11.3 Å². The summed E-state index contributed by atoms with van der Waals surface area (Å²) in [6, 6.07) is 73.4. The monoisotopic (exact) mass is 1050 g/mol. The average Bonchev–Trinajstić information content (AvgIpc) is 3.26. The Bertz CT molecular complexity index is 4100. The van der Waals surface area contributed by atoms with Gasteiger partial charge in [-0.25, -0.2) is 0 Å². The Hall–Kier alpha value is -7.34. The molecule has 1 aliphatic carbocycles. The third kappa shape index (κ3) is 7.65. The lowest BCUT2D eigenvalue weighted by Gasteiger charge is -2.51. The number of benzene rings is 9. The number of fused-ring (bicyclic) bond motifs is 10. The van der Waals surface area contributed by atoms with Crippen molar-refractivity contribution in [1.29, 1.82) is 0 Å². The van der Waals surface area contributed by atoms with E-state index in [0.29, 0.717) is 0 Å². The van der Waals surface area contributed by atoms with E-state index in [1.165, 1.54) is 139 Å². The molecule has 0 amide bonds. The first-order valence-corrected chi connectivity index (χ1v) is 29.8. The van der Waals surface area contributed by atoms with Crippen LogP contribution in [-0.2, 0) is 21.7 Å². The quantitative estimate of drug-likeness (QED) is 0.159. The summed E-state index contributed by atoms with van der Waals surface area (Å²) in [4.78, 5) is 8.19. The van der Waals surface area contributed by atoms with Crippen LogP contribution in [0.3, 0.4) is 0 Å². The van der Waals surface area contributed by atoms with Gasteiger partial charge in [0, 0.05) is 71.0 Å². The van der Waals surface area contributed by atoms with Gasteiger partial charge in [-0.3, -0.25) is 0 Å². The number of anilines is 8. The van der Waals surface area contributed by atoms with E-state index < -0.39 is 0 Å². The van der Waals surface area contributed by atoms with Gasteiger partial charge in [-0.1, -0.05) is 197 Å². The topological polar surface area (TPSA) is 9.72 Å². The third-order valence-corrected chi connectivity index (χ3v) is 20.2. The standard InChI is InChI=1S/C74H72BN3S/c1-70(2,3)50-29-34-61(56(41-50)48-24-16-13-17-25-48)77-64-36-31-52(72(7,8)9)43-60(64)75-59-42-51(71(4,5)6)30-35-63(59)76(53-32-37-68-57(44-53)55-26-18-19-27-67(55)79-68)65-45-54(46-66(77)69(65)75)78-62-33-28-49(47-22-14-12-15-23-47)40-58(62)73(10)38-20-21-39-74(73,78)11/h12-19,22-37,40-46H,20-21,38-39H2,1-11H3. The fourth-order valence-electron chi connectivity index (χ4n) is 14.4. The van der Waals surface area contributed by atoms with E-state index in [9.17, 15) is 0 Å². The lowest BCUT2D eigenvalue weighted by Crippen LogP contribution is -2.62. The third-order valence-electron chi connectivity index (χ3n) is 19.1. The number of hydrogen-bond donors (Lipinski definition) is 0. The van der Waals surface area contributed by atoms with Crippen LogP contribution in [-0.4, -0.2) is 12.3 Å². The van der Waals surface area contributed by atoms with Crippen molar-refractivity contribution in [3.05, 3.63) is 210 Å². The molecule has 0 spiro atoms. The predicted octanol–water partition coefficient (Wildman–Crippen LogP) is 19.1. The molecule has 0 saturated heterocycles. The molecule has 0 N–H and O–H groups in total. The molecule has 5 heteroatoms. The maximum absolute atomic E-state index is 2.82. The van der Waals surface area contributed by atoms with Crippen LogP contribution in [0.5, 0.6) is 0 Å². The van der Waals surface area contributed by atoms with Crippen molar-refractivity contribution in [3.8, 4) is 22.3 Å². The highest BCUT2D eigenvalue weighted by Crippen LogP contribution is 2.62. The summed E-state index contributed by atoms with van der Waals surface area (Å²) in [6.45, 7) is 26.4. The Morgan fingerprint density at radius 3 is 1.62 bits per heavy atom. The highest BCUT2D eigenvalue weighted by Gasteiger charge is 2.58. The Morgan fingerprint density at radius 1 is 0.418 bits per heavy atom. The van der Waals surface area contributed by atoms with Gasteiger partial charge in [0.2, 0.25) is 0 Å². The maximum atomic E-state index is 2.82. The maximum Gasteiger partial charge on any atom is 0.252 e. The first-order chi connectivity index (χ1) is 37.8. The van der Waals surface area contributed by atoms with Crippen LogP contribution in [0.1, 0.15) is 124 Å². The predicted molar refractivity (Wildman–Crippen MR) is 343 cm³/mol. The molecule has 2 atom stereocenters. The minimum absolute atomic E-state index is 0.0456. The van der Waals surface area contributed by atoms with Crippen molar-refractivity contribution < 1.29 is 0 Å². The fourth-order valence-corrected chi connectivity index (χ4v) is 15.5. The second-order valence-electron chi connectivity index (χ2n) is 26.9. The average molecular weight is 1050 g/mol. The van der Waals surface area contributed by atoms with Gasteiger partial charge in [-0.05, 0) is 164 Å². The number of thiophene rings is 1. The first kappa shape index (κ1) is 49.9. The van der Waals surface area contributed by atoms with Gasteiger partial charge < -0.3 is 14.7 Å². The normalized spacial score (nSPS) is 18.6. The number of rotatable bonds is 5. The summed E-state index contributed by atoms with van der Waals surface area (Å²) in [7, 11) is 0. The molecular weight excluding hydrogens is 974 g/mol. The Labute approximate surface area is 473 Å². The van der Waals surface area contributed by atoms with Crippen LogP contribution in [0, 0.1) is 0 Å². The molecule has 2 unspecified atom stereocenters. The van der Waals surface area contributed by atoms with Gasteiger partial charge in [0.1, 0.15) is 0 Å². The van der Waals surface area contributed by atoms with E-state index in [-0.39, 0.29) is 33.9 Å². The summed E-state index contributed by atoms with van der Waals surface area (Å²) < 4.78 is 2.64. The van der Waals surface area contributed by atoms with Crippen molar-refractivity contribution in [1.82, 2.24) is 0 Å². The van der Waals surface area contributed by atoms with E-state index >= 15 is 0 Å². The van der Waals surface area contributed by atoms with Gasteiger partial charge in [0.15, 0.2) is 0 Å². The highest BCUT2D eigenvalue weighted by atomic mass is 32.1. The number of nitrogens with zero attached hydrogens (tertiary/aromatic N) is 3. The largest absolute Gasteiger partial charge is 0.334 e. The molecule has 3 aliphatic heterocycles. The molecule has 0 radical (unpaired) electrons. The SMILES string of the molecule is CC(C)(C)c1ccc2c(c1)B1c3cc(C(C)(C)C)ccc3N(c3ccc(C(C)(C)C)cc3-c3ccccc3)c3cc(N4c5ccc(-c6ccccc6)cc5C5(C)CCCCC45C)cc(c31)N2c1ccc2sc3ccccc3c2c1. The van der Waals surface area contributed by atoms with Crippen molar-refractivity contribution in [2.45, 2.75) is 129 Å². The molecule has 10 aromatic rings. The summed E-state index contributed by atoms with van der Waals surface area (Å²) in [5, 5.41) is 2.62. The zero-order chi connectivity index (χ0) is 54.5. The van der Waals surface area contributed by atoms with Crippen molar-refractivity contribution in [2.24, 2.45) is 0 Å². The van der Waals surface area contributed by atoms with Crippen molar-refractivity contribution in [3.63, 3.8) is 0 Å². The van der Waals surface area contributed by atoms with Crippen LogP contribution < -0.4 is 31.1 Å². The summed E-state index contributed by atoms with van der Waals surface area (Å²) >= 11 is 1.89. The lowest BCUT2D eigenvalue weighted by molar-refractivity contribution is 0.195. The second kappa shape index (κ2) is 17.6. The molecule has 4 aliphatic rings. The minimum atomic E-state index is -0.195. The molecular formula is C74H72BN3S. The molecule has 9 aromatic carbocycles. The molecule has 79 heavy (non-hydrogen) atoms. The van der Waals surface area contributed by atoms with Crippen LogP contribution >= 0.6 is 11.3 Å². The smallest absolute Gasteiger partial charge is 0.252 e. The van der Waals surface area contributed by atoms with Crippen molar-refractivity contribution in [2.75, 3.05) is 14.7 Å². The van der Waals surface area contributed by atoms with Crippen LogP contribution in [0.15, 0.2) is 188 Å². The molecule has 1 saturated carbocycles. The zero-order valence-electron chi connectivity index (χ0n) is 48.1. The van der Waals surface area contributed by atoms with Gasteiger partial charge in [0.05, 0.1) is 11.2 Å². The van der Waals surface area contributed by atoms with E-state index in [4.69, 9.17) is 0 Å². The van der Waals surface area contributed by atoms with E-state index in [1.807, 2.05) is 11.3 Å². The van der Waals surface area contributed by atoms with E-state index in [0.717, 1.165) is 12.8 Å². The zero-order valence-corrected chi connectivity index (χ0v) is 48.9. The van der Waals surface area contributed by atoms with Crippen LogP contribution in [0.25, 0.3) is 42.4 Å². The van der Waals surface area contributed by atoms with Gasteiger partial charge in [-0.2, -0.15) is 0 Å². The van der Waals surface area contributed by atoms with E-state index in [2.05, 4.69) is 279 Å². The fraction of sp³-hybridized carbons (Fsp3) is 0.270. The van der Waals surface area contributed by atoms with Crippen molar-refractivity contribution >= 4 is 100 Å². The van der Waals surface area contributed by atoms with Gasteiger partial charge in [0.25, 0.3) is 6.71 Å². The minimum Gasteiger partial charge on any atom is -0.334 e. The van der Waals surface area contributed by atoms with Crippen LogP contribution in [0.2, 0.25) is 0 Å². The molecule has 4 heterocycles. The molecule has 3 nitrogen and oxygen atoms in total. The molecule has 0 bridgehead atoms. The highest BCUT2D eigenvalue weighted by molar-refractivity contribution is 7.25. The molecule has 1 aromatic heterocycles. The molecule has 14 rings (SSSR count). The summed E-state index contributed by atoms with van der Waals surface area (Å²) in [5.74, 6) is 0. The Balaban J connectivity index is 1.13. The summed E-state index contributed by atoms with van der Waals surface area (Å²) in [5.41, 5.74) is 24.0.